The molecule has 3 aromatic rings. The lowest BCUT2D eigenvalue weighted by Crippen LogP contribution is -2.40. The zero-order valence-corrected chi connectivity index (χ0v) is 17.3. The first-order valence-electron chi connectivity index (χ1n) is 10.4. The van der Waals surface area contributed by atoms with Crippen molar-refractivity contribution in [1.82, 2.24) is 19.9 Å². The Bertz CT molecular complexity index is 1160. The summed E-state index contributed by atoms with van der Waals surface area (Å²) in [6.45, 7) is 4.10. The molecule has 1 aliphatic carbocycles. The lowest BCUT2D eigenvalue weighted by molar-refractivity contribution is 0.200. The number of anilines is 1. The molecule has 31 heavy (non-hydrogen) atoms. The molecule has 1 aromatic carbocycles. The van der Waals surface area contributed by atoms with Crippen LogP contribution < -0.4 is 15.0 Å². The van der Waals surface area contributed by atoms with E-state index in [1.165, 1.54) is 16.8 Å². The molecule has 0 spiro atoms. The number of halogens is 2. The van der Waals surface area contributed by atoms with Gasteiger partial charge in [0.05, 0.1) is 12.2 Å². The number of nitrogens with one attached hydrogen (secondary N) is 1. The van der Waals surface area contributed by atoms with Crippen LogP contribution in [0, 0.1) is 11.6 Å². The van der Waals surface area contributed by atoms with Crippen molar-refractivity contribution < 1.29 is 18.3 Å². The molecule has 2 aliphatic rings. The molecule has 5 rings (SSSR count). The predicted molar refractivity (Wildman–Crippen MR) is 110 cm³/mol. The van der Waals surface area contributed by atoms with Crippen LogP contribution >= 0.6 is 0 Å². The standard InChI is InChI=1S/C22H23F2N5O2/c1-22(2)9-7-17(15-11-13(23)3-6-16(15)24)29(22)19-8-10-28-20(27-19)18(12-25-28)31-21(30)26-14-4-5-14/h3,6,8,10-12,14,17H,4-5,7,9H2,1-2H3,(H,26,30)/t17-/m1/s1. The van der Waals surface area contributed by atoms with E-state index in [0.717, 1.165) is 31.4 Å². The number of aromatic nitrogens is 3. The highest BCUT2D eigenvalue weighted by Gasteiger charge is 2.42. The van der Waals surface area contributed by atoms with Gasteiger partial charge in [0.15, 0.2) is 5.75 Å². The molecule has 0 bridgehead atoms. The highest BCUT2D eigenvalue weighted by atomic mass is 19.1. The molecule has 7 nitrogen and oxygen atoms in total. The summed E-state index contributed by atoms with van der Waals surface area (Å²) in [5.74, 6) is -0.0972. The number of hydrogen-bond donors (Lipinski definition) is 1. The lowest BCUT2D eigenvalue weighted by Gasteiger charge is -2.37. The van der Waals surface area contributed by atoms with Crippen LogP contribution in [0.2, 0.25) is 0 Å². The Labute approximate surface area is 178 Å². The molecule has 1 saturated carbocycles. The molecule has 1 amide bonds. The minimum Gasteiger partial charge on any atom is -0.405 e. The van der Waals surface area contributed by atoms with E-state index in [4.69, 9.17) is 9.72 Å². The summed E-state index contributed by atoms with van der Waals surface area (Å²) >= 11 is 0. The number of amides is 1. The van der Waals surface area contributed by atoms with E-state index in [1.54, 1.807) is 12.3 Å². The molecule has 2 aromatic heterocycles. The van der Waals surface area contributed by atoms with Crippen molar-refractivity contribution in [3.8, 4) is 5.75 Å². The number of carbonyl (C=O) groups is 1. The molecule has 1 aliphatic heterocycles. The Morgan fingerprint density at radius 1 is 1.23 bits per heavy atom. The molecule has 1 N–H and O–H groups in total. The Hall–Kier alpha value is -3.23. The summed E-state index contributed by atoms with van der Waals surface area (Å²) in [7, 11) is 0. The normalized spacial score (nSPS) is 20.3. The van der Waals surface area contributed by atoms with Crippen molar-refractivity contribution in [3.05, 3.63) is 53.9 Å². The zero-order valence-electron chi connectivity index (χ0n) is 17.3. The SMILES string of the molecule is CC1(C)CC[C@H](c2cc(F)ccc2F)N1c1ccn2ncc(OC(=O)NC3CC3)c2n1. The van der Waals surface area contributed by atoms with Gasteiger partial charge in [-0.1, -0.05) is 0 Å². The summed E-state index contributed by atoms with van der Waals surface area (Å²) in [5.41, 5.74) is 0.352. The molecule has 1 saturated heterocycles. The van der Waals surface area contributed by atoms with E-state index in [0.29, 0.717) is 23.4 Å². The topological polar surface area (TPSA) is 71.8 Å². The van der Waals surface area contributed by atoms with Gasteiger partial charge >= 0.3 is 6.09 Å². The lowest BCUT2D eigenvalue weighted by atomic mass is 10.0. The van der Waals surface area contributed by atoms with E-state index in [1.807, 2.05) is 18.7 Å². The maximum atomic E-state index is 14.6. The zero-order chi connectivity index (χ0) is 21.8. The molecule has 0 radical (unpaired) electrons. The molecule has 9 heteroatoms. The van der Waals surface area contributed by atoms with E-state index in [9.17, 15) is 13.6 Å². The van der Waals surface area contributed by atoms with Crippen LogP contribution in [0.1, 0.15) is 51.1 Å². The highest BCUT2D eigenvalue weighted by Crippen LogP contribution is 2.45. The Balaban J connectivity index is 1.52. The third kappa shape index (κ3) is 3.68. The third-order valence-corrected chi connectivity index (χ3v) is 5.98. The fourth-order valence-corrected chi connectivity index (χ4v) is 4.26. The van der Waals surface area contributed by atoms with Crippen LogP contribution in [-0.4, -0.2) is 32.3 Å². The van der Waals surface area contributed by atoms with Crippen LogP contribution in [0.25, 0.3) is 5.65 Å². The van der Waals surface area contributed by atoms with E-state index in [2.05, 4.69) is 10.4 Å². The smallest absolute Gasteiger partial charge is 0.405 e. The molecule has 3 heterocycles. The first-order chi connectivity index (χ1) is 14.8. The molecule has 162 valence electrons. The van der Waals surface area contributed by atoms with Gasteiger partial charge in [0.25, 0.3) is 0 Å². The van der Waals surface area contributed by atoms with Crippen LogP contribution in [-0.2, 0) is 0 Å². The summed E-state index contributed by atoms with van der Waals surface area (Å²) in [4.78, 5) is 18.8. The second-order valence-corrected chi connectivity index (χ2v) is 8.77. The largest absolute Gasteiger partial charge is 0.413 e. The maximum Gasteiger partial charge on any atom is 0.413 e. The van der Waals surface area contributed by atoms with Crippen LogP contribution in [0.5, 0.6) is 5.75 Å². The fourth-order valence-electron chi connectivity index (χ4n) is 4.26. The van der Waals surface area contributed by atoms with Crippen molar-refractivity contribution in [2.45, 2.75) is 57.2 Å². The van der Waals surface area contributed by atoms with Crippen LogP contribution in [0.4, 0.5) is 19.4 Å². The van der Waals surface area contributed by atoms with Gasteiger partial charge in [-0.2, -0.15) is 5.10 Å². The minimum absolute atomic E-state index is 0.171. The average molecular weight is 427 g/mol. The Morgan fingerprint density at radius 3 is 2.81 bits per heavy atom. The van der Waals surface area contributed by atoms with E-state index < -0.39 is 17.7 Å². The van der Waals surface area contributed by atoms with Crippen molar-refractivity contribution in [2.75, 3.05) is 4.90 Å². The summed E-state index contributed by atoms with van der Waals surface area (Å²) in [6, 6.07) is 5.12. The number of carbonyl (C=O) groups excluding carboxylic acids is 1. The van der Waals surface area contributed by atoms with Gasteiger partial charge in [0.2, 0.25) is 5.65 Å². The number of benzene rings is 1. The second-order valence-electron chi connectivity index (χ2n) is 8.77. The van der Waals surface area contributed by atoms with Gasteiger partial charge < -0.3 is 15.0 Å². The van der Waals surface area contributed by atoms with E-state index in [-0.39, 0.29) is 23.4 Å². The van der Waals surface area contributed by atoms with Gasteiger partial charge in [-0.05, 0) is 63.8 Å². The van der Waals surface area contributed by atoms with Gasteiger partial charge in [-0.15, -0.1) is 0 Å². The Morgan fingerprint density at radius 2 is 2.03 bits per heavy atom. The van der Waals surface area contributed by atoms with Gasteiger partial charge in [0.1, 0.15) is 17.5 Å². The number of hydrogen-bond acceptors (Lipinski definition) is 5. The first-order valence-corrected chi connectivity index (χ1v) is 10.4. The van der Waals surface area contributed by atoms with E-state index >= 15 is 0 Å². The third-order valence-electron chi connectivity index (χ3n) is 5.98. The van der Waals surface area contributed by atoms with Crippen LogP contribution in [0.15, 0.2) is 36.7 Å². The highest BCUT2D eigenvalue weighted by molar-refractivity contribution is 5.74. The van der Waals surface area contributed by atoms with Crippen molar-refractivity contribution >= 4 is 17.6 Å². The predicted octanol–water partition coefficient (Wildman–Crippen LogP) is 4.38. The number of ether oxygens (including phenoxy) is 1. The first kappa shape index (κ1) is 19.7. The molecular formula is C22H23F2N5O2. The number of nitrogens with zero attached hydrogens (tertiary/aromatic N) is 4. The summed E-state index contributed by atoms with van der Waals surface area (Å²) in [6.07, 6.45) is 5.97. The number of rotatable bonds is 4. The molecule has 1 atom stereocenters. The van der Waals surface area contributed by atoms with Crippen molar-refractivity contribution in [1.29, 1.82) is 0 Å². The van der Waals surface area contributed by atoms with Crippen molar-refractivity contribution in [3.63, 3.8) is 0 Å². The summed E-state index contributed by atoms with van der Waals surface area (Å²) < 4.78 is 35.4. The second kappa shape index (κ2) is 7.18. The minimum atomic E-state index is -0.536. The molecular weight excluding hydrogens is 404 g/mol. The maximum absolute atomic E-state index is 14.6. The molecule has 2 fully saturated rings. The quantitative estimate of drug-likeness (QED) is 0.669. The monoisotopic (exact) mass is 427 g/mol. The molecule has 0 unspecified atom stereocenters. The summed E-state index contributed by atoms with van der Waals surface area (Å²) in [5, 5.41) is 6.96. The van der Waals surface area contributed by atoms with Crippen LogP contribution in [0.3, 0.4) is 0 Å². The average Bonchev–Trinajstić information content (AvgIpc) is 3.36. The number of fused-ring (bicyclic) bond motifs is 1. The van der Waals surface area contributed by atoms with Gasteiger partial charge in [0, 0.05) is 23.3 Å². The van der Waals surface area contributed by atoms with Gasteiger partial charge in [-0.25, -0.2) is 23.1 Å². The van der Waals surface area contributed by atoms with Gasteiger partial charge in [-0.3, -0.25) is 0 Å². The van der Waals surface area contributed by atoms with Crippen molar-refractivity contribution in [2.24, 2.45) is 0 Å². The fraction of sp³-hybridized carbons (Fsp3) is 0.409. The Kier molecular flexibility index (Phi) is 4.56.